The van der Waals surface area contributed by atoms with Gasteiger partial charge in [-0.1, -0.05) is 34.1 Å². The van der Waals surface area contributed by atoms with Crippen LogP contribution in [0.15, 0.2) is 51.4 Å². The van der Waals surface area contributed by atoms with Crippen LogP contribution in [0.3, 0.4) is 0 Å². The SMILES string of the molecule is CC(N)(Cc1ccc(F)c(Br)c1)c1cccc(Br)c1. The molecule has 0 bridgehead atoms. The fraction of sp³-hybridized carbons (Fsp3) is 0.200. The molecule has 19 heavy (non-hydrogen) atoms. The summed E-state index contributed by atoms with van der Waals surface area (Å²) in [5, 5.41) is 0. The van der Waals surface area contributed by atoms with Crippen molar-refractivity contribution in [3.8, 4) is 0 Å². The first-order valence-electron chi connectivity index (χ1n) is 5.87. The molecule has 0 saturated heterocycles. The van der Waals surface area contributed by atoms with Crippen LogP contribution < -0.4 is 5.73 Å². The zero-order valence-corrected chi connectivity index (χ0v) is 13.6. The van der Waals surface area contributed by atoms with Crippen molar-refractivity contribution >= 4 is 31.9 Å². The van der Waals surface area contributed by atoms with E-state index in [1.807, 2.05) is 31.2 Å². The van der Waals surface area contributed by atoms with Crippen LogP contribution in [0.25, 0.3) is 0 Å². The monoisotopic (exact) mass is 385 g/mol. The normalized spacial score (nSPS) is 14.2. The van der Waals surface area contributed by atoms with Crippen LogP contribution in [0.5, 0.6) is 0 Å². The van der Waals surface area contributed by atoms with Crippen molar-refractivity contribution in [2.45, 2.75) is 18.9 Å². The molecule has 0 aromatic heterocycles. The molecule has 2 rings (SSSR count). The molecule has 0 heterocycles. The third-order valence-corrected chi connectivity index (χ3v) is 4.14. The Balaban J connectivity index is 2.27. The van der Waals surface area contributed by atoms with Crippen molar-refractivity contribution < 1.29 is 4.39 Å². The Hall–Kier alpha value is -0.710. The summed E-state index contributed by atoms with van der Waals surface area (Å²) in [7, 11) is 0. The first kappa shape index (κ1) is 14.7. The minimum Gasteiger partial charge on any atom is -0.321 e. The summed E-state index contributed by atoms with van der Waals surface area (Å²) >= 11 is 6.65. The van der Waals surface area contributed by atoms with E-state index in [4.69, 9.17) is 5.73 Å². The number of hydrogen-bond donors (Lipinski definition) is 1. The van der Waals surface area contributed by atoms with Gasteiger partial charge in [-0.25, -0.2) is 4.39 Å². The summed E-state index contributed by atoms with van der Waals surface area (Å²) in [5.41, 5.74) is 7.94. The highest BCUT2D eigenvalue weighted by atomic mass is 79.9. The molecule has 2 N–H and O–H groups in total. The molecule has 1 unspecified atom stereocenters. The lowest BCUT2D eigenvalue weighted by atomic mass is 9.87. The summed E-state index contributed by atoms with van der Waals surface area (Å²) in [5.74, 6) is -0.259. The van der Waals surface area contributed by atoms with E-state index in [0.717, 1.165) is 15.6 Å². The lowest BCUT2D eigenvalue weighted by Gasteiger charge is -2.26. The molecule has 0 aliphatic heterocycles. The van der Waals surface area contributed by atoms with Crippen molar-refractivity contribution in [3.05, 3.63) is 68.4 Å². The van der Waals surface area contributed by atoms with E-state index in [1.165, 1.54) is 6.07 Å². The highest BCUT2D eigenvalue weighted by Gasteiger charge is 2.22. The Labute approximate surface area is 129 Å². The van der Waals surface area contributed by atoms with Gasteiger partial charge in [-0.2, -0.15) is 0 Å². The molecule has 2 aromatic rings. The quantitative estimate of drug-likeness (QED) is 0.807. The maximum absolute atomic E-state index is 13.2. The third kappa shape index (κ3) is 3.65. The highest BCUT2D eigenvalue weighted by molar-refractivity contribution is 9.10. The molecule has 0 spiro atoms. The molecule has 1 atom stereocenters. The van der Waals surface area contributed by atoms with Gasteiger partial charge in [0.05, 0.1) is 4.47 Å². The van der Waals surface area contributed by atoms with Gasteiger partial charge < -0.3 is 5.73 Å². The first-order chi connectivity index (χ1) is 8.88. The van der Waals surface area contributed by atoms with Gasteiger partial charge in [0.2, 0.25) is 0 Å². The Morgan fingerprint density at radius 3 is 2.53 bits per heavy atom. The molecule has 0 aliphatic rings. The number of rotatable bonds is 3. The molecule has 0 fully saturated rings. The van der Waals surface area contributed by atoms with Crippen molar-refractivity contribution in [2.24, 2.45) is 5.73 Å². The van der Waals surface area contributed by atoms with Gasteiger partial charge in [0, 0.05) is 10.0 Å². The summed E-state index contributed by atoms with van der Waals surface area (Å²) in [6, 6.07) is 12.9. The molecule has 1 nitrogen and oxygen atoms in total. The average Bonchev–Trinajstić information content (AvgIpc) is 2.33. The number of halogens is 3. The molecule has 0 aliphatic carbocycles. The number of benzene rings is 2. The van der Waals surface area contributed by atoms with Gasteiger partial charge in [-0.05, 0) is 64.7 Å². The minimum atomic E-state index is -0.499. The summed E-state index contributed by atoms with van der Waals surface area (Å²) in [4.78, 5) is 0. The van der Waals surface area contributed by atoms with E-state index in [9.17, 15) is 4.39 Å². The third-order valence-electron chi connectivity index (χ3n) is 3.04. The fourth-order valence-electron chi connectivity index (χ4n) is 2.02. The van der Waals surface area contributed by atoms with Gasteiger partial charge >= 0.3 is 0 Å². The van der Waals surface area contributed by atoms with Crippen LogP contribution in [0.2, 0.25) is 0 Å². The highest BCUT2D eigenvalue weighted by Crippen LogP contribution is 2.27. The molecule has 2 aromatic carbocycles. The van der Waals surface area contributed by atoms with E-state index in [0.29, 0.717) is 10.9 Å². The van der Waals surface area contributed by atoms with Crippen LogP contribution in [0, 0.1) is 5.82 Å². The summed E-state index contributed by atoms with van der Waals surface area (Å²) in [6.45, 7) is 1.98. The summed E-state index contributed by atoms with van der Waals surface area (Å²) in [6.07, 6.45) is 0.641. The lowest BCUT2D eigenvalue weighted by Crippen LogP contribution is -2.35. The Bertz CT molecular complexity index is 596. The predicted octanol–water partition coefficient (Wildman–Crippen LogP) is 4.77. The lowest BCUT2D eigenvalue weighted by molar-refractivity contribution is 0.490. The maximum Gasteiger partial charge on any atom is 0.137 e. The predicted molar refractivity (Wildman–Crippen MR) is 83.5 cm³/mol. The molecule has 100 valence electrons. The van der Waals surface area contributed by atoms with Crippen LogP contribution in [-0.4, -0.2) is 0 Å². The van der Waals surface area contributed by atoms with Gasteiger partial charge in [0.15, 0.2) is 0 Å². The Kier molecular flexibility index (Phi) is 4.43. The standard InChI is InChI=1S/C15H14Br2FN/c1-15(19,11-3-2-4-12(16)8-11)9-10-5-6-14(18)13(17)7-10/h2-8H,9,19H2,1H3. The number of nitrogens with two attached hydrogens (primary N) is 1. The van der Waals surface area contributed by atoms with Crippen LogP contribution >= 0.6 is 31.9 Å². The fourth-order valence-corrected chi connectivity index (χ4v) is 2.84. The molecular formula is C15H14Br2FN. The van der Waals surface area contributed by atoms with Crippen molar-refractivity contribution in [1.29, 1.82) is 0 Å². The molecule has 4 heteroatoms. The Morgan fingerprint density at radius 1 is 1.16 bits per heavy atom. The minimum absolute atomic E-state index is 0.259. The molecule has 0 saturated carbocycles. The van der Waals surface area contributed by atoms with Crippen LogP contribution in [0.4, 0.5) is 4.39 Å². The zero-order valence-electron chi connectivity index (χ0n) is 10.5. The van der Waals surface area contributed by atoms with Gasteiger partial charge in [-0.15, -0.1) is 0 Å². The van der Waals surface area contributed by atoms with Crippen molar-refractivity contribution in [3.63, 3.8) is 0 Å². The maximum atomic E-state index is 13.2. The van der Waals surface area contributed by atoms with Gasteiger partial charge in [-0.3, -0.25) is 0 Å². The smallest absolute Gasteiger partial charge is 0.137 e. The second-order valence-electron chi connectivity index (χ2n) is 4.85. The second kappa shape index (κ2) is 5.73. The average molecular weight is 387 g/mol. The van der Waals surface area contributed by atoms with Gasteiger partial charge in [0.1, 0.15) is 5.82 Å². The van der Waals surface area contributed by atoms with Gasteiger partial charge in [0.25, 0.3) is 0 Å². The first-order valence-corrected chi connectivity index (χ1v) is 7.46. The number of hydrogen-bond acceptors (Lipinski definition) is 1. The largest absolute Gasteiger partial charge is 0.321 e. The van der Waals surface area contributed by atoms with Crippen LogP contribution in [-0.2, 0) is 12.0 Å². The van der Waals surface area contributed by atoms with E-state index >= 15 is 0 Å². The van der Waals surface area contributed by atoms with E-state index < -0.39 is 5.54 Å². The van der Waals surface area contributed by atoms with Crippen molar-refractivity contribution in [2.75, 3.05) is 0 Å². The summed E-state index contributed by atoms with van der Waals surface area (Å²) < 4.78 is 14.7. The van der Waals surface area contributed by atoms with E-state index in [1.54, 1.807) is 12.1 Å². The van der Waals surface area contributed by atoms with Crippen LogP contribution in [0.1, 0.15) is 18.1 Å². The molecular weight excluding hydrogens is 373 g/mol. The van der Waals surface area contributed by atoms with Crippen molar-refractivity contribution in [1.82, 2.24) is 0 Å². The molecule has 0 radical (unpaired) electrons. The van der Waals surface area contributed by atoms with E-state index in [2.05, 4.69) is 31.9 Å². The zero-order chi connectivity index (χ0) is 14.0. The topological polar surface area (TPSA) is 26.0 Å². The second-order valence-corrected chi connectivity index (χ2v) is 6.62. The Morgan fingerprint density at radius 2 is 1.89 bits per heavy atom. The molecule has 0 amide bonds. The van der Waals surface area contributed by atoms with E-state index in [-0.39, 0.29) is 5.82 Å².